The molecular formula is C11H14N2O3. The lowest BCUT2D eigenvalue weighted by molar-refractivity contribution is 0.146. The van der Waals surface area contributed by atoms with Crippen molar-refractivity contribution in [2.45, 2.75) is 19.6 Å². The first kappa shape index (κ1) is 10.9. The molecule has 2 heterocycles. The van der Waals surface area contributed by atoms with Crippen molar-refractivity contribution in [3.05, 3.63) is 42.0 Å². The summed E-state index contributed by atoms with van der Waals surface area (Å²) < 4.78 is 10.4. The van der Waals surface area contributed by atoms with E-state index in [1.807, 2.05) is 6.92 Å². The molecule has 1 atom stereocenters. The van der Waals surface area contributed by atoms with Gasteiger partial charge in [0.25, 0.3) is 0 Å². The van der Waals surface area contributed by atoms with Crippen LogP contribution in [0.3, 0.4) is 0 Å². The molecule has 5 heteroatoms. The molecule has 0 amide bonds. The van der Waals surface area contributed by atoms with Crippen LogP contribution in [0.25, 0.3) is 0 Å². The monoisotopic (exact) mass is 222 g/mol. The number of furan rings is 1. The molecule has 2 N–H and O–H groups in total. The SMILES string of the molecule is Cc1cnc(CNCC(O)c2ccco2)o1. The third kappa shape index (κ3) is 2.71. The summed E-state index contributed by atoms with van der Waals surface area (Å²) in [5.74, 6) is 1.95. The van der Waals surface area contributed by atoms with E-state index >= 15 is 0 Å². The van der Waals surface area contributed by atoms with E-state index in [1.165, 1.54) is 6.26 Å². The second-order valence-electron chi connectivity index (χ2n) is 3.53. The highest BCUT2D eigenvalue weighted by Gasteiger charge is 2.10. The third-order valence-corrected chi connectivity index (χ3v) is 2.15. The molecule has 2 aromatic rings. The van der Waals surface area contributed by atoms with Crippen LogP contribution in [0.15, 0.2) is 33.4 Å². The second kappa shape index (κ2) is 4.96. The van der Waals surface area contributed by atoms with Crippen LogP contribution in [0, 0.1) is 6.92 Å². The maximum atomic E-state index is 9.69. The lowest BCUT2D eigenvalue weighted by Gasteiger charge is -2.07. The van der Waals surface area contributed by atoms with E-state index in [0.29, 0.717) is 24.7 Å². The molecule has 2 aromatic heterocycles. The number of rotatable bonds is 5. The predicted molar refractivity (Wildman–Crippen MR) is 56.6 cm³/mol. The van der Waals surface area contributed by atoms with Crippen molar-refractivity contribution in [2.75, 3.05) is 6.54 Å². The molecule has 5 nitrogen and oxygen atoms in total. The van der Waals surface area contributed by atoms with Gasteiger partial charge in [0.1, 0.15) is 17.6 Å². The summed E-state index contributed by atoms with van der Waals surface area (Å²) >= 11 is 0. The quantitative estimate of drug-likeness (QED) is 0.800. The Morgan fingerprint density at radius 1 is 1.56 bits per heavy atom. The van der Waals surface area contributed by atoms with Gasteiger partial charge in [-0.15, -0.1) is 0 Å². The fourth-order valence-electron chi connectivity index (χ4n) is 1.38. The third-order valence-electron chi connectivity index (χ3n) is 2.15. The van der Waals surface area contributed by atoms with Gasteiger partial charge >= 0.3 is 0 Å². The maximum absolute atomic E-state index is 9.69. The zero-order valence-corrected chi connectivity index (χ0v) is 9.01. The Labute approximate surface area is 93.1 Å². The van der Waals surface area contributed by atoms with Crippen LogP contribution in [0.2, 0.25) is 0 Å². The highest BCUT2D eigenvalue weighted by Crippen LogP contribution is 2.11. The van der Waals surface area contributed by atoms with Crippen molar-refractivity contribution >= 4 is 0 Å². The number of oxazole rings is 1. The average molecular weight is 222 g/mol. The van der Waals surface area contributed by atoms with Crippen LogP contribution in [0.4, 0.5) is 0 Å². The molecule has 0 radical (unpaired) electrons. The molecule has 0 bridgehead atoms. The molecule has 0 aliphatic heterocycles. The minimum absolute atomic E-state index is 0.398. The fraction of sp³-hybridized carbons (Fsp3) is 0.364. The maximum Gasteiger partial charge on any atom is 0.208 e. The van der Waals surface area contributed by atoms with Gasteiger partial charge in [-0.05, 0) is 19.1 Å². The smallest absolute Gasteiger partial charge is 0.208 e. The molecule has 0 aromatic carbocycles. The average Bonchev–Trinajstić information content (AvgIpc) is 2.89. The Hall–Kier alpha value is -1.59. The van der Waals surface area contributed by atoms with Crippen LogP contribution in [0.1, 0.15) is 23.5 Å². The van der Waals surface area contributed by atoms with Crippen LogP contribution in [0.5, 0.6) is 0 Å². The van der Waals surface area contributed by atoms with E-state index in [4.69, 9.17) is 8.83 Å². The summed E-state index contributed by atoms with van der Waals surface area (Å²) in [7, 11) is 0. The Morgan fingerprint density at radius 2 is 2.44 bits per heavy atom. The Kier molecular flexibility index (Phi) is 3.38. The van der Waals surface area contributed by atoms with Crippen molar-refractivity contribution in [2.24, 2.45) is 0 Å². The summed E-state index contributed by atoms with van der Waals surface area (Å²) in [5, 5.41) is 12.7. The number of nitrogens with zero attached hydrogens (tertiary/aromatic N) is 1. The van der Waals surface area contributed by atoms with Crippen LogP contribution in [-0.2, 0) is 6.54 Å². The summed E-state index contributed by atoms with van der Waals surface area (Å²) in [4.78, 5) is 4.04. The highest BCUT2D eigenvalue weighted by molar-refractivity contribution is 5.02. The van der Waals surface area contributed by atoms with Crippen molar-refractivity contribution in [3.63, 3.8) is 0 Å². The standard InChI is InChI=1S/C11H14N2O3/c1-8-5-13-11(16-8)7-12-6-9(14)10-3-2-4-15-10/h2-5,9,12,14H,6-7H2,1H3. The number of hydrogen-bond acceptors (Lipinski definition) is 5. The number of aromatic nitrogens is 1. The molecule has 0 fully saturated rings. The fourth-order valence-corrected chi connectivity index (χ4v) is 1.38. The van der Waals surface area contributed by atoms with Crippen molar-refractivity contribution in [3.8, 4) is 0 Å². The molecule has 16 heavy (non-hydrogen) atoms. The summed E-state index contributed by atoms with van der Waals surface area (Å²) in [6, 6.07) is 3.48. The second-order valence-corrected chi connectivity index (χ2v) is 3.53. The number of hydrogen-bond donors (Lipinski definition) is 2. The minimum atomic E-state index is -0.647. The van der Waals surface area contributed by atoms with Crippen molar-refractivity contribution < 1.29 is 13.9 Å². The summed E-state index contributed by atoms with van der Waals surface area (Å²) in [5.41, 5.74) is 0. The number of aryl methyl sites for hydroxylation is 1. The largest absolute Gasteiger partial charge is 0.467 e. The van der Waals surface area contributed by atoms with E-state index in [1.54, 1.807) is 18.3 Å². The first-order valence-corrected chi connectivity index (χ1v) is 5.09. The number of aliphatic hydroxyl groups excluding tert-OH is 1. The Morgan fingerprint density at radius 3 is 3.06 bits per heavy atom. The van der Waals surface area contributed by atoms with Gasteiger partial charge < -0.3 is 19.3 Å². The predicted octanol–water partition coefficient (Wildman–Crippen LogP) is 1.40. The normalized spacial score (nSPS) is 12.9. The molecule has 86 valence electrons. The molecule has 0 spiro atoms. The molecule has 0 saturated heterocycles. The van der Waals surface area contributed by atoms with E-state index in [-0.39, 0.29) is 0 Å². The first-order valence-electron chi connectivity index (χ1n) is 5.09. The van der Waals surface area contributed by atoms with Gasteiger partial charge in [-0.1, -0.05) is 0 Å². The summed E-state index contributed by atoms with van der Waals surface area (Å²) in [6.07, 6.45) is 2.56. The first-order chi connectivity index (χ1) is 7.75. The molecule has 1 unspecified atom stereocenters. The van der Waals surface area contributed by atoms with Gasteiger partial charge in [0.15, 0.2) is 0 Å². The van der Waals surface area contributed by atoms with Crippen molar-refractivity contribution in [1.82, 2.24) is 10.3 Å². The Bertz CT molecular complexity index is 422. The zero-order valence-electron chi connectivity index (χ0n) is 9.01. The van der Waals surface area contributed by atoms with Gasteiger partial charge in [-0.25, -0.2) is 4.98 Å². The lowest BCUT2D eigenvalue weighted by Crippen LogP contribution is -2.20. The molecule has 0 saturated carbocycles. The number of nitrogens with one attached hydrogen (secondary N) is 1. The Balaban J connectivity index is 1.76. The zero-order chi connectivity index (χ0) is 11.4. The van der Waals surface area contributed by atoms with Gasteiger partial charge in [0, 0.05) is 6.54 Å². The lowest BCUT2D eigenvalue weighted by atomic mass is 10.3. The minimum Gasteiger partial charge on any atom is -0.467 e. The molecule has 0 aliphatic carbocycles. The van der Waals surface area contributed by atoms with E-state index in [9.17, 15) is 5.11 Å². The highest BCUT2D eigenvalue weighted by atomic mass is 16.4. The number of aliphatic hydroxyl groups is 1. The van der Waals surface area contributed by atoms with E-state index in [0.717, 1.165) is 5.76 Å². The molecule has 0 aliphatic rings. The van der Waals surface area contributed by atoms with Crippen LogP contribution >= 0.6 is 0 Å². The van der Waals surface area contributed by atoms with E-state index < -0.39 is 6.10 Å². The molecule has 2 rings (SSSR count). The van der Waals surface area contributed by atoms with Gasteiger partial charge in [0.2, 0.25) is 5.89 Å². The van der Waals surface area contributed by atoms with Gasteiger partial charge in [-0.2, -0.15) is 0 Å². The molecular weight excluding hydrogens is 208 g/mol. The summed E-state index contributed by atoms with van der Waals surface area (Å²) in [6.45, 7) is 2.73. The van der Waals surface area contributed by atoms with Crippen LogP contribution < -0.4 is 5.32 Å². The van der Waals surface area contributed by atoms with Crippen LogP contribution in [-0.4, -0.2) is 16.6 Å². The van der Waals surface area contributed by atoms with Gasteiger partial charge in [-0.3, -0.25) is 0 Å². The van der Waals surface area contributed by atoms with Gasteiger partial charge in [0.05, 0.1) is 19.0 Å². The van der Waals surface area contributed by atoms with E-state index in [2.05, 4.69) is 10.3 Å². The van der Waals surface area contributed by atoms with Crippen molar-refractivity contribution in [1.29, 1.82) is 0 Å². The topological polar surface area (TPSA) is 71.4 Å².